The van der Waals surface area contributed by atoms with Crippen molar-refractivity contribution in [3.05, 3.63) is 58.7 Å². The molecule has 3 aromatic rings. The summed E-state index contributed by atoms with van der Waals surface area (Å²) in [5.74, 6) is -0.0443. The number of rotatable bonds is 5. The van der Waals surface area contributed by atoms with E-state index < -0.39 is 15.9 Å². The summed E-state index contributed by atoms with van der Waals surface area (Å²) in [6.45, 7) is 2.75. The molecule has 0 unspecified atom stereocenters. The van der Waals surface area contributed by atoms with Crippen molar-refractivity contribution >= 4 is 44.1 Å². The zero-order valence-electron chi connectivity index (χ0n) is 18.6. The average molecular weight is 488 g/mol. The molecule has 0 spiro atoms. The molecule has 1 fully saturated rings. The maximum absolute atomic E-state index is 13.2. The van der Waals surface area contributed by atoms with E-state index in [-0.39, 0.29) is 10.6 Å². The van der Waals surface area contributed by atoms with Crippen molar-refractivity contribution in [1.82, 2.24) is 9.29 Å². The van der Waals surface area contributed by atoms with E-state index in [1.165, 1.54) is 23.5 Å². The van der Waals surface area contributed by atoms with Gasteiger partial charge in [-0.25, -0.2) is 8.42 Å². The number of sulfonamides is 1. The third-order valence-corrected chi connectivity index (χ3v) is 7.96. The molecule has 0 bridgehead atoms. The summed E-state index contributed by atoms with van der Waals surface area (Å²) in [6, 6.07) is 11.5. The van der Waals surface area contributed by atoms with Gasteiger partial charge in [0.05, 0.1) is 34.5 Å². The minimum atomic E-state index is -3.68. The Kier molecular flexibility index (Phi) is 6.88. The van der Waals surface area contributed by atoms with Crippen LogP contribution in [0.15, 0.2) is 47.4 Å². The molecule has 33 heavy (non-hydrogen) atoms. The van der Waals surface area contributed by atoms with Gasteiger partial charge in [0.25, 0.3) is 5.91 Å². The maximum Gasteiger partial charge on any atom is 0.257 e. The number of hydrogen-bond donors (Lipinski definition) is 1. The van der Waals surface area contributed by atoms with Crippen molar-refractivity contribution in [2.24, 2.45) is 0 Å². The van der Waals surface area contributed by atoms with Crippen LogP contribution in [0.2, 0.25) is 5.02 Å². The zero-order chi connectivity index (χ0) is 23.6. The lowest BCUT2D eigenvalue weighted by Gasteiger charge is -2.21. The number of halogens is 1. The number of aromatic nitrogens is 1. The van der Waals surface area contributed by atoms with Gasteiger partial charge in [-0.05, 0) is 62.2 Å². The number of pyridine rings is 1. The molecule has 0 saturated carbocycles. The van der Waals surface area contributed by atoms with Gasteiger partial charge < -0.3 is 10.1 Å². The SMILES string of the molecule is COc1ccc(S(=O)(=O)N2CCCCCC2)cc1NC(=O)c1cc2cc(Cl)ccc2nc1C. The Balaban J connectivity index is 1.67. The van der Waals surface area contributed by atoms with E-state index in [0.29, 0.717) is 35.1 Å². The first-order valence-corrected chi connectivity index (χ1v) is 12.7. The molecule has 1 N–H and O–H groups in total. The first-order valence-electron chi connectivity index (χ1n) is 10.9. The highest BCUT2D eigenvalue weighted by atomic mass is 35.5. The summed E-state index contributed by atoms with van der Waals surface area (Å²) in [4.78, 5) is 17.8. The van der Waals surface area contributed by atoms with Gasteiger partial charge in [-0.15, -0.1) is 0 Å². The third-order valence-electron chi connectivity index (χ3n) is 5.83. The standard InChI is InChI=1S/C24H26ClN3O4S/c1-16-20(14-17-13-18(25)7-9-21(17)26-16)24(29)27-22-15-19(8-10-23(22)32-2)33(30,31)28-11-5-3-4-6-12-28/h7-10,13-15H,3-6,11-12H2,1-2H3,(H,27,29). The normalized spacial score (nSPS) is 15.2. The van der Waals surface area contributed by atoms with E-state index in [0.717, 1.165) is 36.6 Å². The van der Waals surface area contributed by atoms with Gasteiger partial charge in [0.15, 0.2) is 0 Å². The first kappa shape index (κ1) is 23.5. The Morgan fingerprint density at radius 3 is 2.48 bits per heavy atom. The lowest BCUT2D eigenvalue weighted by molar-refractivity contribution is 0.102. The Hall–Kier alpha value is -2.68. The number of nitrogens with zero attached hydrogens (tertiary/aromatic N) is 2. The van der Waals surface area contributed by atoms with Crippen molar-refractivity contribution in [2.45, 2.75) is 37.5 Å². The topological polar surface area (TPSA) is 88.6 Å². The van der Waals surface area contributed by atoms with E-state index in [1.54, 1.807) is 37.3 Å². The van der Waals surface area contributed by atoms with E-state index in [9.17, 15) is 13.2 Å². The largest absolute Gasteiger partial charge is 0.495 e. The minimum Gasteiger partial charge on any atom is -0.495 e. The van der Waals surface area contributed by atoms with Crippen LogP contribution in [0.25, 0.3) is 10.9 Å². The number of fused-ring (bicyclic) bond motifs is 1. The molecule has 0 radical (unpaired) electrons. The third kappa shape index (κ3) is 4.98. The van der Waals surface area contributed by atoms with Gasteiger partial charge >= 0.3 is 0 Å². The number of ether oxygens (including phenoxy) is 1. The Morgan fingerprint density at radius 1 is 1.06 bits per heavy atom. The molecular weight excluding hydrogens is 462 g/mol. The quantitative estimate of drug-likeness (QED) is 0.545. The molecule has 1 aliphatic heterocycles. The number of methoxy groups -OCH3 is 1. The van der Waals surface area contributed by atoms with Gasteiger partial charge in [0.2, 0.25) is 10.0 Å². The molecule has 1 aromatic heterocycles. The number of carbonyl (C=O) groups excluding carboxylic acids is 1. The summed E-state index contributed by atoms with van der Waals surface area (Å²) < 4.78 is 33.4. The number of carbonyl (C=O) groups is 1. The molecular formula is C24H26ClN3O4S. The lowest BCUT2D eigenvalue weighted by atomic mass is 10.1. The number of hydrogen-bond acceptors (Lipinski definition) is 5. The molecule has 9 heteroatoms. The fraction of sp³-hybridized carbons (Fsp3) is 0.333. The van der Waals surface area contributed by atoms with Crippen LogP contribution in [0.5, 0.6) is 5.75 Å². The van der Waals surface area contributed by atoms with Crippen LogP contribution in [0.1, 0.15) is 41.7 Å². The molecule has 1 saturated heterocycles. The van der Waals surface area contributed by atoms with Crippen molar-refractivity contribution in [3.8, 4) is 5.75 Å². The highest BCUT2D eigenvalue weighted by Gasteiger charge is 2.26. The summed E-state index contributed by atoms with van der Waals surface area (Å²) >= 11 is 6.09. The Morgan fingerprint density at radius 2 is 1.79 bits per heavy atom. The second-order valence-corrected chi connectivity index (χ2v) is 10.5. The van der Waals surface area contributed by atoms with Gasteiger partial charge in [0, 0.05) is 23.5 Å². The average Bonchev–Trinajstić information content (AvgIpc) is 3.09. The number of anilines is 1. The molecule has 1 amide bonds. The van der Waals surface area contributed by atoms with Gasteiger partial charge in [0.1, 0.15) is 5.75 Å². The van der Waals surface area contributed by atoms with Crippen LogP contribution in [-0.2, 0) is 10.0 Å². The van der Waals surface area contributed by atoms with Crippen molar-refractivity contribution < 1.29 is 17.9 Å². The molecule has 1 aliphatic rings. The smallest absolute Gasteiger partial charge is 0.257 e. The highest BCUT2D eigenvalue weighted by Crippen LogP contribution is 2.31. The van der Waals surface area contributed by atoms with E-state index in [4.69, 9.17) is 16.3 Å². The van der Waals surface area contributed by atoms with E-state index in [1.807, 2.05) is 0 Å². The molecule has 2 aromatic carbocycles. The van der Waals surface area contributed by atoms with Crippen molar-refractivity contribution in [3.63, 3.8) is 0 Å². The summed E-state index contributed by atoms with van der Waals surface area (Å²) in [5, 5.41) is 4.09. The van der Waals surface area contributed by atoms with Crippen LogP contribution in [-0.4, -0.2) is 43.8 Å². The van der Waals surface area contributed by atoms with Crippen LogP contribution in [0.3, 0.4) is 0 Å². The van der Waals surface area contributed by atoms with Crippen LogP contribution < -0.4 is 10.1 Å². The van der Waals surface area contributed by atoms with E-state index >= 15 is 0 Å². The maximum atomic E-state index is 13.2. The highest BCUT2D eigenvalue weighted by molar-refractivity contribution is 7.89. The molecule has 7 nitrogen and oxygen atoms in total. The fourth-order valence-corrected chi connectivity index (χ4v) is 5.76. The molecule has 0 atom stereocenters. The molecule has 4 rings (SSSR count). The molecule has 2 heterocycles. The summed E-state index contributed by atoms with van der Waals surface area (Å²) in [7, 11) is -2.20. The molecule has 174 valence electrons. The second kappa shape index (κ2) is 9.67. The fourth-order valence-electron chi connectivity index (χ4n) is 4.04. The van der Waals surface area contributed by atoms with Crippen LogP contribution >= 0.6 is 11.6 Å². The monoisotopic (exact) mass is 487 g/mol. The number of amides is 1. The zero-order valence-corrected chi connectivity index (χ0v) is 20.2. The second-order valence-electron chi connectivity index (χ2n) is 8.09. The Labute approximate surface area is 198 Å². The predicted molar refractivity (Wildman–Crippen MR) is 130 cm³/mol. The first-order chi connectivity index (χ1) is 15.8. The Bertz CT molecular complexity index is 1300. The lowest BCUT2D eigenvalue weighted by Crippen LogP contribution is -2.32. The predicted octanol–water partition coefficient (Wildman–Crippen LogP) is 5.02. The molecule has 0 aliphatic carbocycles. The summed E-state index contributed by atoms with van der Waals surface area (Å²) in [6.07, 6.45) is 3.75. The number of nitrogens with one attached hydrogen (secondary N) is 1. The number of benzene rings is 2. The minimum absolute atomic E-state index is 0.126. The van der Waals surface area contributed by atoms with Gasteiger partial charge in [-0.2, -0.15) is 4.31 Å². The number of aryl methyl sites for hydroxylation is 1. The van der Waals surface area contributed by atoms with Crippen LogP contribution in [0.4, 0.5) is 5.69 Å². The van der Waals surface area contributed by atoms with Crippen molar-refractivity contribution in [1.29, 1.82) is 0 Å². The van der Waals surface area contributed by atoms with Crippen molar-refractivity contribution in [2.75, 3.05) is 25.5 Å². The van der Waals surface area contributed by atoms with Crippen LogP contribution in [0, 0.1) is 6.92 Å². The van der Waals surface area contributed by atoms with Gasteiger partial charge in [-0.1, -0.05) is 24.4 Å². The summed E-state index contributed by atoms with van der Waals surface area (Å²) in [5.41, 5.74) is 1.93. The van der Waals surface area contributed by atoms with Gasteiger partial charge in [-0.3, -0.25) is 9.78 Å². The van der Waals surface area contributed by atoms with E-state index in [2.05, 4.69) is 10.3 Å².